The summed E-state index contributed by atoms with van der Waals surface area (Å²) in [6.07, 6.45) is -0.299. The van der Waals surface area contributed by atoms with Gasteiger partial charge in [-0.25, -0.2) is 4.98 Å². The SMILES string of the molecule is CN=C(NCCCOCC1CCOCC1)NCCOc1ncccc1C(F)(F)F. The van der Waals surface area contributed by atoms with Crippen molar-refractivity contribution in [1.82, 2.24) is 15.6 Å². The molecule has 2 N–H and O–H groups in total. The topological polar surface area (TPSA) is 77.0 Å². The Hall–Kier alpha value is -2.07. The van der Waals surface area contributed by atoms with Crippen molar-refractivity contribution in [3.8, 4) is 5.88 Å². The highest BCUT2D eigenvalue weighted by molar-refractivity contribution is 5.79. The molecular formula is C19H29F3N4O3. The van der Waals surface area contributed by atoms with E-state index in [9.17, 15) is 13.2 Å². The largest absolute Gasteiger partial charge is 0.475 e. The van der Waals surface area contributed by atoms with E-state index in [4.69, 9.17) is 14.2 Å². The lowest BCUT2D eigenvalue weighted by Gasteiger charge is -2.21. The van der Waals surface area contributed by atoms with Crippen molar-refractivity contribution in [1.29, 1.82) is 0 Å². The number of aliphatic imine (C=N–C) groups is 1. The third-order valence-corrected chi connectivity index (χ3v) is 4.39. The molecule has 0 atom stereocenters. The maximum Gasteiger partial charge on any atom is 0.421 e. The maximum absolute atomic E-state index is 12.9. The Balaban J connectivity index is 1.56. The summed E-state index contributed by atoms with van der Waals surface area (Å²) in [5, 5.41) is 6.12. The van der Waals surface area contributed by atoms with E-state index in [1.807, 2.05) is 0 Å². The number of halogens is 3. The zero-order chi connectivity index (χ0) is 21.0. The van der Waals surface area contributed by atoms with Gasteiger partial charge < -0.3 is 24.8 Å². The van der Waals surface area contributed by atoms with Crippen molar-refractivity contribution in [2.24, 2.45) is 10.9 Å². The van der Waals surface area contributed by atoms with Crippen LogP contribution >= 0.6 is 0 Å². The predicted octanol–water partition coefficient (Wildman–Crippen LogP) is 2.48. The standard InChI is InChI=1S/C19H29F3N4O3/c1-23-18(25-8-3-10-28-14-15-5-11-27-12-6-15)26-9-13-29-17-16(19(20,21)22)4-2-7-24-17/h2,4,7,15H,3,5-6,8-14H2,1H3,(H2,23,25,26). The van der Waals surface area contributed by atoms with Crippen molar-refractivity contribution in [2.45, 2.75) is 25.4 Å². The van der Waals surface area contributed by atoms with E-state index >= 15 is 0 Å². The van der Waals surface area contributed by atoms with E-state index in [2.05, 4.69) is 20.6 Å². The van der Waals surface area contributed by atoms with Gasteiger partial charge in [-0.2, -0.15) is 13.2 Å². The molecule has 2 rings (SSSR count). The number of rotatable bonds is 10. The highest BCUT2D eigenvalue weighted by atomic mass is 19.4. The van der Waals surface area contributed by atoms with E-state index < -0.39 is 17.6 Å². The Morgan fingerprint density at radius 3 is 2.72 bits per heavy atom. The summed E-state index contributed by atoms with van der Waals surface area (Å²) >= 11 is 0. The molecule has 0 amide bonds. The van der Waals surface area contributed by atoms with Crippen LogP contribution in [0.25, 0.3) is 0 Å². The van der Waals surface area contributed by atoms with Crippen LogP contribution < -0.4 is 15.4 Å². The second-order valence-corrected chi connectivity index (χ2v) is 6.61. The first-order valence-corrected chi connectivity index (χ1v) is 9.75. The summed E-state index contributed by atoms with van der Waals surface area (Å²) in [5.41, 5.74) is -0.886. The van der Waals surface area contributed by atoms with Gasteiger partial charge in [0.25, 0.3) is 0 Å². The third kappa shape index (κ3) is 8.86. The van der Waals surface area contributed by atoms with Crippen LogP contribution in [-0.2, 0) is 15.7 Å². The monoisotopic (exact) mass is 418 g/mol. The van der Waals surface area contributed by atoms with Crippen LogP contribution in [0, 0.1) is 5.92 Å². The lowest BCUT2D eigenvalue weighted by atomic mass is 10.0. The minimum Gasteiger partial charge on any atom is -0.475 e. The third-order valence-electron chi connectivity index (χ3n) is 4.39. The molecule has 1 fully saturated rings. The van der Waals surface area contributed by atoms with E-state index in [0.717, 1.165) is 45.1 Å². The molecular weight excluding hydrogens is 389 g/mol. The number of aromatic nitrogens is 1. The molecule has 0 aliphatic carbocycles. The Kier molecular flexibility index (Phi) is 9.99. The molecule has 10 heteroatoms. The normalized spacial score (nSPS) is 15.9. The van der Waals surface area contributed by atoms with Gasteiger partial charge in [0.2, 0.25) is 5.88 Å². The second-order valence-electron chi connectivity index (χ2n) is 6.61. The molecule has 0 radical (unpaired) electrons. The van der Waals surface area contributed by atoms with Crippen LogP contribution in [0.4, 0.5) is 13.2 Å². The van der Waals surface area contributed by atoms with E-state index in [-0.39, 0.29) is 13.2 Å². The number of pyridine rings is 1. The highest BCUT2D eigenvalue weighted by Gasteiger charge is 2.34. The molecule has 1 aliphatic rings. The fourth-order valence-corrected chi connectivity index (χ4v) is 2.80. The van der Waals surface area contributed by atoms with Crippen LogP contribution in [0.15, 0.2) is 23.3 Å². The number of alkyl halides is 3. The second kappa shape index (κ2) is 12.5. The van der Waals surface area contributed by atoms with Crippen molar-refractivity contribution < 1.29 is 27.4 Å². The first kappa shape index (κ1) is 23.2. The summed E-state index contributed by atoms with van der Waals surface area (Å²) in [5.74, 6) is 0.713. The molecule has 164 valence electrons. The Labute approximate surface area is 169 Å². The van der Waals surface area contributed by atoms with Crippen molar-refractivity contribution in [3.63, 3.8) is 0 Å². The fourth-order valence-electron chi connectivity index (χ4n) is 2.80. The molecule has 7 nitrogen and oxygen atoms in total. The fraction of sp³-hybridized carbons (Fsp3) is 0.684. The summed E-state index contributed by atoms with van der Waals surface area (Å²) in [7, 11) is 1.62. The molecule has 1 aromatic heterocycles. The van der Waals surface area contributed by atoms with Gasteiger partial charge in [-0.05, 0) is 37.3 Å². The minimum absolute atomic E-state index is 0.0228. The van der Waals surface area contributed by atoms with E-state index in [0.29, 0.717) is 25.0 Å². The first-order chi connectivity index (χ1) is 14.0. The molecule has 0 saturated carbocycles. The molecule has 1 saturated heterocycles. The average Bonchev–Trinajstić information content (AvgIpc) is 2.72. The van der Waals surface area contributed by atoms with Gasteiger partial charge in [0.1, 0.15) is 12.2 Å². The van der Waals surface area contributed by atoms with Crippen LogP contribution in [0.3, 0.4) is 0 Å². The Morgan fingerprint density at radius 1 is 1.24 bits per heavy atom. The van der Waals surface area contributed by atoms with Crippen LogP contribution in [0.2, 0.25) is 0 Å². The summed E-state index contributed by atoms with van der Waals surface area (Å²) < 4.78 is 54.9. The van der Waals surface area contributed by atoms with Crippen molar-refractivity contribution in [2.75, 3.05) is 53.2 Å². The van der Waals surface area contributed by atoms with Crippen molar-refractivity contribution >= 4 is 5.96 Å². The van der Waals surface area contributed by atoms with Crippen LogP contribution in [-0.4, -0.2) is 64.1 Å². The summed E-state index contributed by atoms with van der Waals surface area (Å²) in [6.45, 7) is 4.04. The van der Waals surface area contributed by atoms with Gasteiger partial charge in [-0.15, -0.1) is 0 Å². The first-order valence-electron chi connectivity index (χ1n) is 9.75. The molecule has 2 heterocycles. The minimum atomic E-state index is -4.50. The van der Waals surface area contributed by atoms with Crippen LogP contribution in [0.5, 0.6) is 5.88 Å². The van der Waals surface area contributed by atoms with E-state index in [1.54, 1.807) is 7.05 Å². The molecule has 0 bridgehead atoms. The number of guanidine groups is 1. The number of hydrogen-bond donors (Lipinski definition) is 2. The quantitative estimate of drug-likeness (QED) is 0.345. The maximum atomic E-state index is 12.9. The van der Waals surface area contributed by atoms with Gasteiger partial charge in [-0.1, -0.05) is 0 Å². The van der Waals surface area contributed by atoms with Crippen molar-refractivity contribution in [3.05, 3.63) is 23.9 Å². The van der Waals surface area contributed by atoms with E-state index in [1.165, 1.54) is 12.3 Å². The zero-order valence-electron chi connectivity index (χ0n) is 16.6. The van der Waals surface area contributed by atoms with Gasteiger partial charge in [0.15, 0.2) is 5.96 Å². The van der Waals surface area contributed by atoms with Gasteiger partial charge >= 0.3 is 6.18 Å². The number of ether oxygens (including phenoxy) is 3. The molecule has 0 spiro atoms. The molecule has 29 heavy (non-hydrogen) atoms. The Bertz CT molecular complexity index is 623. The smallest absolute Gasteiger partial charge is 0.421 e. The predicted molar refractivity (Wildman–Crippen MR) is 103 cm³/mol. The number of nitrogens with one attached hydrogen (secondary N) is 2. The molecule has 1 aromatic rings. The zero-order valence-corrected chi connectivity index (χ0v) is 16.6. The molecule has 0 unspecified atom stereocenters. The van der Waals surface area contributed by atoms with Gasteiger partial charge in [0.05, 0.1) is 6.54 Å². The van der Waals surface area contributed by atoms with Gasteiger partial charge in [-0.3, -0.25) is 4.99 Å². The lowest BCUT2D eigenvalue weighted by Crippen LogP contribution is -2.40. The highest BCUT2D eigenvalue weighted by Crippen LogP contribution is 2.34. The molecule has 1 aliphatic heterocycles. The average molecular weight is 418 g/mol. The van der Waals surface area contributed by atoms with Gasteiger partial charge in [0, 0.05) is 46.2 Å². The Morgan fingerprint density at radius 2 is 2.00 bits per heavy atom. The van der Waals surface area contributed by atoms with Crippen LogP contribution in [0.1, 0.15) is 24.8 Å². The molecule has 0 aromatic carbocycles. The summed E-state index contributed by atoms with van der Waals surface area (Å²) in [6, 6.07) is 2.17. The number of hydrogen-bond acceptors (Lipinski definition) is 5. The summed E-state index contributed by atoms with van der Waals surface area (Å²) in [4.78, 5) is 7.73. The lowest BCUT2D eigenvalue weighted by molar-refractivity contribution is -0.139. The number of nitrogens with zero attached hydrogens (tertiary/aromatic N) is 2.